The van der Waals surface area contributed by atoms with E-state index in [0.717, 1.165) is 21.9 Å². The molecular formula is C10H13FNOP3. The maximum absolute atomic E-state index is 13.3. The molecule has 1 heterocycles. The molecule has 3 unspecified atom stereocenters. The van der Waals surface area contributed by atoms with Crippen LogP contribution in [-0.2, 0) is 0 Å². The highest BCUT2D eigenvalue weighted by Gasteiger charge is 2.19. The van der Waals surface area contributed by atoms with Gasteiger partial charge in [-0.05, 0) is 43.6 Å². The van der Waals surface area contributed by atoms with Crippen molar-refractivity contribution in [2.75, 3.05) is 0 Å². The fourth-order valence-electron chi connectivity index (χ4n) is 1.58. The Morgan fingerprint density at radius 2 is 2.00 bits per heavy atom. The minimum atomic E-state index is -1.83. The Morgan fingerprint density at radius 1 is 1.31 bits per heavy atom. The highest BCUT2D eigenvalue weighted by molar-refractivity contribution is 7.38. The molecule has 0 saturated heterocycles. The van der Waals surface area contributed by atoms with Crippen molar-refractivity contribution in [3.63, 3.8) is 0 Å². The number of H-pyrrole nitrogens is 1. The molecule has 0 saturated carbocycles. The molecule has 0 aliphatic carbocycles. The predicted octanol–water partition coefficient (Wildman–Crippen LogP) is 2.69. The Bertz CT molecular complexity index is 533. The number of halogens is 1. The van der Waals surface area contributed by atoms with Gasteiger partial charge in [0.2, 0.25) is 0 Å². The van der Waals surface area contributed by atoms with E-state index in [2.05, 4.69) is 14.2 Å². The van der Waals surface area contributed by atoms with E-state index in [1.807, 2.05) is 43.6 Å². The van der Waals surface area contributed by atoms with Crippen LogP contribution >= 0.6 is 27.7 Å². The fourth-order valence-corrected chi connectivity index (χ4v) is 2.14. The van der Waals surface area contributed by atoms with Gasteiger partial charge >= 0.3 is 0 Å². The number of benzene rings is 1. The second-order valence-electron chi connectivity index (χ2n) is 3.73. The molecule has 2 nitrogen and oxygen atoms in total. The van der Waals surface area contributed by atoms with Gasteiger partial charge in [-0.15, -0.1) is 9.24 Å². The summed E-state index contributed by atoms with van der Waals surface area (Å²) < 4.78 is 18.5. The predicted molar refractivity (Wildman–Crippen MR) is 76.3 cm³/mol. The first-order chi connectivity index (χ1) is 7.35. The van der Waals surface area contributed by atoms with Crippen LogP contribution in [0, 0.1) is 6.92 Å². The van der Waals surface area contributed by atoms with Crippen LogP contribution in [0.1, 0.15) is 5.69 Å². The first-order valence-corrected chi connectivity index (χ1v) is 6.43. The molecule has 0 amide bonds. The molecule has 0 aliphatic heterocycles. The Balaban J connectivity index is 2.49. The fraction of sp³-hybridized carbons (Fsp3) is 0.200. The van der Waals surface area contributed by atoms with Crippen LogP contribution in [0.15, 0.2) is 18.2 Å². The van der Waals surface area contributed by atoms with Gasteiger partial charge in [-0.25, -0.2) is 0 Å². The van der Waals surface area contributed by atoms with Gasteiger partial charge in [0.15, 0.2) is 0 Å². The lowest BCUT2D eigenvalue weighted by atomic mass is 10.2. The Hall–Kier alpha value is -0.220. The molecule has 0 bridgehead atoms. The normalized spacial score (nSPS) is 12.1. The van der Waals surface area contributed by atoms with Gasteiger partial charge in [-0.3, -0.25) is 0 Å². The van der Waals surface area contributed by atoms with Gasteiger partial charge in [0, 0.05) is 21.9 Å². The highest BCUT2D eigenvalue weighted by Crippen LogP contribution is 2.33. The van der Waals surface area contributed by atoms with E-state index >= 15 is 0 Å². The monoisotopic (exact) mass is 275 g/mol. The lowest BCUT2D eigenvalue weighted by molar-refractivity contribution is 0.119. The molecule has 3 atom stereocenters. The van der Waals surface area contributed by atoms with Crippen molar-refractivity contribution in [1.29, 1.82) is 0 Å². The molecule has 6 heteroatoms. The van der Waals surface area contributed by atoms with Crippen LogP contribution in [0.25, 0.3) is 10.9 Å². The molecule has 1 aromatic heterocycles. The minimum absolute atomic E-state index is 0.518. The van der Waals surface area contributed by atoms with Crippen molar-refractivity contribution < 1.29 is 9.13 Å². The topological polar surface area (TPSA) is 25.0 Å². The molecule has 2 rings (SSSR count). The SMILES string of the molecule is Cc1cc2cc(OC(F)(P)P)c(P)cc2[nH]1. The van der Waals surface area contributed by atoms with Gasteiger partial charge in [0.05, 0.1) is 0 Å². The summed E-state index contributed by atoms with van der Waals surface area (Å²) in [6, 6.07) is 5.74. The van der Waals surface area contributed by atoms with E-state index in [0.29, 0.717) is 5.75 Å². The smallest absolute Gasteiger partial charge is 0.270 e. The zero-order valence-electron chi connectivity index (χ0n) is 8.75. The van der Waals surface area contributed by atoms with E-state index in [4.69, 9.17) is 4.74 Å². The van der Waals surface area contributed by atoms with Crippen LogP contribution in [0.5, 0.6) is 5.75 Å². The average Bonchev–Trinajstić information content (AvgIpc) is 2.42. The molecule has 1 N–H and O–H groups in total. The molecule has 86 valence electrons. The summed E-state index contributed by atoms with van der Waals surface area (Å²) >= 11 is 0. The van der Waals surface area contributed by atoms with Gasteiger partial charge in [0.1, 0.15) is 5.75 Å². The molecule has 2 aromatic rings. The zero-order chi connectivity index (χ0) is 11.9. The first kappa shape index (κ1) is 12.2. The third kappa shape index (κ3) is 2.72. The summed E-state index contributed by atoms with van der Waals surface area (Å²) in [5.41, 5.74) is 2.09. The molecular weight excluding hydrogens is 262 g/mol. The van der Waals surface area contributed by atoms with Crippen molar-refractivity contribution in [3.05, 3.63) is 23.9 Å². The lowest BCUT2D eigenvalue weighted by Crippen LogP contribution is -2.15. The number of hydrogen-bond acceptors (Lipinski definition) is 1. The zero-order valence-corrected chi connectivity index (χ0v) is 12.2. The number of ether oxygens (including phenoxy) is 1. The molecule has 0 aliphatic rings. The van der Waals surface area contributed by atoms with Gasteiger partial charge < -0.3 is 9.72 Å². The van der Waals surface area contributed by atoms with E-state index in [9.17, 15) is 4.39 Å². The van der Waals surface area contributed by atoms with Crippen LogP contribution in [-0.4, -0.2) is 10.3 Å². The number of rotatable bonds is 2. The molecule has 16 heavy (non-hydrogen) atoms. The number of aryl methyl sites for hydroxylation is 1. The second-order valence-corrected chi connectivity index (χ2v) is 6.59. The van der Waals surface area contributed by atoms with Crippen molar-refractivity contribution in [1.82, 2.24) is 4.98 Å². The number of alkyl halides is 1. The number of nitrogens with one attached hydrogen (secondary N) is 1. The molecule has 1 aromatic carbocycles. The van der Waals surface area contributed by atoms with E-state index in [-0.39, 0.29) is 0 Å². The van der Waals surface area contributed by atoms with Crippen molar-refractivity contribution in [3.8, 4) is 5.75 Å². The third-order valence-corrected chi connectivity index (χ3v) is 2.84. The summed E-state index contributed by atoms with van der Waals surface area (Å²) in [4.78, 5) is 3.22. The Labute approximate surface area is 100 Å². The van der Waals surface area contributed by atoms with Gasteiger partial charge in [-0.2, -0.15) is 4.39 Å². The quantitative estimate of drug-likeness (QED) is 0.837. The number of aromatic amines is 1. The summed E-state index contributed by atoms with van der Waals surface area (Å²) in [5, 5.41) is 0.00360. The lowest BCUT2D eigenvalue weighted by Gasteiger charge is -2.18. The number of aromatic nitrogens is 1. The summed E-state index contributed by atoms with van der Waals surface area (Å²) in [7, 11) is 6.51. The maximum Gasteiger partial charge on any atom is 0.270 e. The maximum atomic E-state index is 13.3. The standard InChI is InChI=1S/C10H13FNOP3/c1-5-2-6-3-8(13-10(11,15)16)9(14)4-7(6)12-5/h2-4,12H,14-16H2,1H3. The number of fused-ring (bicyclic) bond motifs is 1. The van der Waals surface area contributed by atoms with E-state index < -0.39 is 5.34 Å². The average molecular weight is 275 g/mol. The Kier molecular flexibility index (Phi) is 3.23. The van der Waals surface area contributed by atoms with Crippen LogP contribution < -0.4 is 10.0 Å². The van der Waals surface area contributed by atoms with Crippen LogP contribution in [0.4, 0.5) is 4.39 Å². The Morgan fingerprint density at radius 3 is 2.62 bits per heavy atom. The summed E-state index contributed by atoms with van der Waals surface area (Å²) in [5.74, 6) is 0.518. The molecule has 0 spiro atoms. The largest absolute Gasteiger partial charge is 0.451 e. The van der Waals surface area contributed by atoms with Crippen LogP contribution in [0.3, 0.4) is 0 Å². The minimum Gasteiger partial charge on any atom is -0.451 e. The second kappa shape index (κ2) is 4.22. The van der Waals surface area contributed by atoms with Gasteiger partial charge in [-0.1, -0.05) is 0 Å². The first-order valence-electron chi connectivity index (χ1n) is 4.70. The molecule has 0 radical (unpaired) electrons. The van der Waals surface area contributed by atoms with E-state index in [1.54, 1.807) is 0 Å². The van der Waals surface area contributed by atoms with Crippen molar-refractivity contribution in [2.45, 2.75) is 12.3 Å². The van der Waals surface area contributed by atoms with Crippen LogP contribution in [0.2, 0.25) is 0 Å². The molecule has 0 fully saturated rings. The number of hydrogen-bond donors (Lipinski definition) is 1. The van der Waals surface area contributed by atoms with Gasteiger partial charge in [0.25, 0.3) is 5.34 Å². The summed E-state index contributed by atoms with van der Waals surface area (Å²) in [6.07, 6.45) is 0. The van der Waals surface area contributed by atoms with Crippen molar-refractivity contribution >= 4 is 43.9 Å². The summed E-state index contributed by atoms with van der Waals surface area (Å²) in [6.45, 7) is 1.98. The third-order valence-electron chi connectivity index (χ3n) is 2.15. The highest BCUT2D eigenvalue weighted by atomic mass is 31.1. The van der Waals surface area contributed by atoms with Crippen molar-refractivity contribution in [2.24, 2.45) is 0 Å². The van der Waals surface area contributed by atoms with E-state index in [1.165, 1.54) is 0 Å².